The van der Waals surface area contributed by atoms with Crippen LogP contribution in [0.1, 0.15) is 37.2 Å². The Morgan fingerprint density at radius 3 is 2.89 bits per heavy atom. The Bertz CT molecular complexity index is 493. The van der Waals surface area contributed by atoms with Gasteiger partial charge < -0.3 is 4.98 Å². The molecule has 19 heavy (non-hydrogen) atoms. The monoisotopic (exact) mass is 265 g/mol. The van der Waals surface area contributed by atoms with E-state index in [4.69, 9.17) is 0 Å². The van der Waals surface area contributed by atoms with Crippen molar-refractivity contribution in [1.82, 2.24) is 9.88 Å². The summed E-state index contributed by atoms with van der Waals surface area (Å²) in [6.07, 6.45) is 3.52. The normalized spacial score (nSPS) is 19.3. The Kier molecular flexibility index (Phi) is 3.71. The zero-order chi connectivity index (χ0) is 14.0. The van der Waals surface area contributed by atoms with Gasteiger partial charge in [0.15, 0.2) is 5.78 Å². The first-order valence-electron chi connectivity index (χ1n) is 6.46. The van der Waals surface area contributed by atoms with Crippen LogP contribution in [0.15, 0.2) is 12.3 Å². The number of hydrogen-bond donors (Lipinski definition) is 1. The van der Waals surface area contributed by atoms with Crippen LogP contribution in [0.25, 0.3) is 0 Å². The van der Waals surface area contributed by atoms with Crippen LogP contribution in [-0.4, -0.2) is 40.2 Å². The number of piperidine rings is 1. The van der Waals surface area contributed by atoms with Crippen molar-refractivity contribution >= 4 is 11.5 Å². The summed E-state index contributed by atoms with van der Waals surface area (Å²) < 4.78 is 0. The number of rotatable bonds is 4. The van der Waals surface area contributed by atoms with Gasteiger partial charge in [0.1, 0.15) is 0 Å². The zero-order valence-electron chi connectivity index (χ0n) is 11.3. The molecule has 2 rings (SSSR count). The van der Waals surface area contributed by atoms with E-state index >= 15 is 0 Å². The molecule has 1 fully saturated rings. The van der Waals surface area contributed by atoms with Crippen molar-refractivity contribution in [1.29, 1.82) is 0 Å². The number of aromatic amines is 1. The van der Waals surface area contributed by atoms with E-state index in [-0.39, 0.29) is 16.9 Å². The molecule has 0 saturated carbocycles. The largest absolute Gasteiger partial charge is 0.353 e. The number of nitro groups is 1. The fourth-order valence-electron chi connectivity index (χ4n) is 2.62. The predicted molar refractivity (Wildman–Crippen MR) is 71.2 cm³/mol. The van der Waals surface area contributed by atoms with Gasteiger partial charge in [-0.15, -0.1) is 0 Å². The van der Waals surface area contributed by atoms with Crippen molar-refractivity contribution < 1.29 is 9.72 Å². The number of likely N-dealkylation sites (tertiary alicyclic amines) is 1. The summed E-state index contributed by atoms with van der Waals surface area (Å²) in [5, 5.41) is 10.6. The van der Waals surface area contributed by atoms with Crippen LogP contribution in [0.4, 0.5) is 5.69 Å². The first-order valence-corrected chi connectivity index (χ1v) is 6.46. The van der Waals surface area contributed by atoms with Gasteiger partial charge in [-0.25, -0.2) is 0 Å². The SMILES string of the molecule is CC1(C)CCCN(CC(=O)c2cc([N+](=O)[O-])c[nH]2)C1. The van der Waals surface area contributed by atoms with Crippen LogP contribution in [0.2, 0.25) is 0 Å². The summed E-state index contributed by atoms with van der Waals surface area (Å²) in [7, 11) is 0. The minimum atomic E-state index is -0.503. The number of hydrogen-bond acceptors (Lipinski definition) is 4. The molecule has 0 aliphatic carbocycles. The molecule has 6 nitrogen and oxygen atoms in total. The smallest absolute Gasteiger partial charge is 0.287 e. The van der Waals surface area contributed by atoms with Crippen LogP contribution in [-0.2, 0) is 0 Å². The van der Waals surface area contributed by atoms with Gasteiger partial charge in [0, 0.05) is 12.6 Å². The molecule has 0 radical (unpaired) electrons. The van der Waals surface area contributed by atoms with E-state index in [1.54, 1.807) is 0 Å². The van der Waals surface area contributed by atoms with E-state index in [2.05, 4.69) is 23.7 Å². The van der Waals surface area contributed by atoms with Crippen molar-refractivity contribution in [3.05, 3.63) is 28.1 Å². The maximum Gasteiger partial charge on any atom is 0.287 e. The number of H-pyrrole nitrogens is 1. The Morgan fingerprint density at radius 1 is 1.58 bits per heavy atom. The highest BCUT2D eigenvalue weighted by molar-refractivity contribution is 5.96. The van der Waals surface area contributed by atoms with E-state index in [0.717, 1.165) is 19.5 Å². The van der Waals surface area contributed by atoms with Crippen LogP contribution in [0, 0.1) is 15.5 Å². The minimum Gasteiger partial charge on any atom is -0.353 e. The van der Waals surface area contributed by atoms with Crippen LogP contribution in [0.3, 0.4) is 0 Å². The minimum absolute atomic E-state index is 0.0673. The molecule has 0 unspecified atom stereocenters. The maximum absolute atomic E-state index is 12.1. The second-order valence-electron chi connectivity index (χ2n) is 5.93. The predicted octanol–water partition coefficient (Wildman–Crippen LogP) is 2.23. The van der Waals surface area contributed by atoms with Gasteiger partial charge >= 0.3 is 0 Å². The average molecular weight is 265 g/mol. The topological polar surface area (TPSA) is 79.2 Å². The van der Waals surface area contributed by atoms with Crippen LogP contribution < -0.4 is 0 Å². The van der Waals surface area contributed by atoms with Gasteiger partial charge in [0.2, 0.25) is 0 Å². The van der Waals surface area contributed by atoms with Crippen molar-refractivity contribution in [3.8, 4) is 0 Å². The summed E-state index contributed by atoms with van der Waals surface area (Å²) >= 11 is 0. The molecule has 1 aromatic rings. The van der Waals surface area contributed by atoms with Crippen molar-refractivity contribution in [2.45, 2.75) is 26.7 Å². The van der Waals surface area contributed by atoms with Gasteiger partial charge in [-0.2, -0.15) is 0 Å². The lowest BCUT2D eigenvalue weighted by Crippen LogP contribution is -2.42. The number of carbonyl (C=O) groups excluding carboxylic acids is 1. The second kappa shape index (κ2) is 5.13. The van der Waals surface area contributed by atoms with E-state index < -0.39 is 4.92 Å². The summed E-state index contributed by atoms with van der Waals surface area (Å²) in [4.78, 5) is 26.9. The van der Waals surface area contributed by atoms with Crippen LogP contribution in [0.5, 0.6) is 0 Å². The highest BCUT2D eigenvalue weighted by atomic mass is 16.6. The number of nitrogens with zero attached hydrogens (tertiary/aromatic N) is 2. The standard InChI is InChI=1S/C13H19N3O3/c1-13(2)4-3-5-15(9-13)8-12(17)11-6-10(7-14-11)16(18)19/h6-7,14H,3-5,8-9H2,1-2H3. The lowest BCUT2D eigenvalue weighted by molar-refractivity contribution is -0.384. The molecule has 2 heterocycles. The third-order valence-electron chi connectivity index (χ3n) is 3.53. The Labute approximate surface area is 111 Å². The fourth-order valence-corrected chi connectivity index (χ4v) is 2.62. The first kappa shape index (κ1) is 13.7. The van der Waals surface area contributed by atoms with E-state index in [1.807, 2.05) is 0 Å². The quantitative estimate of drug-likeness (QED) is 0.514. The highest BCUT2D eigenvalue weighted by Crippen LogP contribution is 2.28. The number of aromatic nitrogens is 1. The summed E-state index contributed by atoms with van der Waals surface area (Å²) in [6.45, 7) is 6.52. The number of carbonyl (C=O) groups is 1. The molecule has 1 aliphatic heterocycles. The second-order valence-corrected chi connectivity index (χ2v) is 5.93. The van der Waals surface area contributed by atoms with Crippen molar-refractivity contribution in [2.75, 3.05) is 19.6 Å². The average Bonchev–Trinajstić information content (AvgIpc) is 2.76. The molecule has 1 saturated heterocycles. The molecule has 0 bridgehead atoms. The van der Waals surface area contributed by atoms with E-state index in [9.17, 15) is 14.9 Å². The molecule has 0 atom stereocenters. The van der Waals surface area contributed by atoms with Gasteiger partial charge in [-0.05, 0) is 24.8 Å². The number of Topliss-reactive ketones (excluding diaryl/α,β-unsaturated/α-hetero) is 1. The lowest BCUT2D eigenvalue weighted by atomic mass is 9.84. The maximum atomic E-state index is 12.1. The molecule has 0 spiro atoms. The molecule has 0 aromatic carbocycles. The molecular formula is C13H19N3O3. The fraction of sp³-hybridized carbons (Fsp3) is 0.615. The summed E-state index contributed by atoms with van der Waals surface area (Å²) in [6, 6.07) is 1.30. The lowest BCUT2D eigenvalue weighted by Gasteiger charge is -2.37. The van der Waals surface area contributed by atoms with E-state index in [1.165, 1.54) is 18.7 Å². The molecule has 104 valence electrons. The summed E-state index contributed by atoms with van der Waals surface area (Å²) in [5.41, 5.74) is 0.484. The van der Waals surface area contributed by atoms with Gasteiger partial charge in [-0.1, -0.05) is 13.8 Å². The molecule has 0 amide bonds. The molecule has 1 aliphatic rings. The number of ketones is 1. The summed E-state index contributed by atoms with van der Waals surface area (Å²) in [5.74, 6) is -0.0919. The molecule has 1 N–H and O–H groups in total. The third kappa shape index (κ3) is 3.41. The third-order valence-corrected chi connectivity index (χ3v) is 3.53. The van der Waals surface area contributed by atoms with Crippen LogP contribution >= 0.6 is 0 Å². The van der Waals surface area contributed by atoms with Crippen molar-refractivity contribution in [2.24, 2.45) is 5.41 Å². The molecule has 1 aromatic heterocycles. The Hall–Kier alpha value is -1.69. The number of nitrogens with one attached hydrogen (secondary N) is 1. The van der Waals surface area contributed by atoms with E-state index in [0.29, 0.717) is 12.2 Å². The van der Waals surface area contributed by atoms with Gasteiger partial charge in [0.25, 0.3) is 5.69 Å². The van der Waals surface area contributed by atoms with Gasteiger partial charge in [-0.3, -0.25) is 19.8 Å². The molecular weight excluding hydrogens is 246 g/mol. The Balaban J connectivity index is 1.98. The van der Waals surface area contributed by atoms with Crippen molar-refractivity contribution in [3.63, 3.8) is 0 Å². The van der Waals surface area contributed by atoms with Gasteiger partial charge in [0.05, 0.1) is 23.4 Å². The first-order chi connectivity index (χ1) is 8.87. The Morgan fingerprint density at radius 2 is 2.32 bits per heavy atom. The highest BCUT2D eigenvalue weighted by Gasteiger charge is 2.28. The zero-order valence-corrected chi connectivity index (χ0v) is 11.3. The molecule has 6 heteroatoms.